The molecule has 0 aliphatic heterocycles. The van der Waals surface area contributed by atoms with Crippen LogP contribution in [0.25, 0.3) is 11.0 Å². The van der Waals surface area contributed by atoms with Gasteiger partial charge in [0, 0.05) is 22.2 Å². The summed E-state index contributed by atoms with van der Waals surface area (Å²) in [5, 5.41) is 10.6. The van der Waals surface area contributed by atoms with Crippen LogP contribution in [0.4, 0.5) is 0 Å². The van der Waals surface area contributed by atoms with Crippen LogP contribution in [0.5, 0.6) is 5.75 Å². The van der Waals surface area contributed by atoms with Gasteiger partial charge in [0.05, 0.1) is 12.2 Å². The Labute approximate surface area is 162 Å². The normalized spacial score (nSPS) is 13.4. The average Bonchev–Trinajstić information content (AvgIpc) is 3.12. The number of nitrogens with zero attached hydrogens (tertiary/aromatic N) is 1. The van der Waals surface area contributed by atoms with E-state index >= 15 is 0 Å². The highest BCUT2D eigenvalue weighted by Gasteiger charge is 2.20. The third kappa shape index (κ3) is 3.52. The van der Waals surface area contributed by atoms with Crippen molar-refractivity contribution in [2.45, 2.75) is 46.1 Å². The Morgan fingerprint density at radius 1 is 1.25 bits per heavy atom. The second-order valence-electron chi connectivity index (χ2n) is 7.23. The minimum atomic E-state index is -0.255. The van der Waals surface area contributed by atoms with E-state index in [0.29, 0.717) is 17.9 Å². The molecular weight excluding hydrogens is 358 g/mol. The maximum Gasteiger partial charge on any atom is 0.339 e. The van der Waals surface area contributed by atoms with Crippen LogP contribution in [0.1, 0.15) is 40.9 Å². The molecule has 4 rings (SSSR count). The smallest absolute Gasteiger partial charge is 0.339 e. The minimum Gasteiger partial charge on any atom is -0.483 e. The van der Waals surface area contributed by atoms with E-state index in [1.807, 2.05) is 32.0 Å². The fourth-order valence-corrected chi connectivity index (χ4v) is 3.73. The standard InChI is InChI=1S/C21H23N3O4/c1-12-9-14(24-23-12)10-22-19(25)11-27-18-8-7-16-15-5-3-4-6-17(15)21(26)28-20(16)13(18)2/h7-9H,3-6,10-11H2,1-2H3,(H,22,25)(H,23,24). The summed E-state index contributed by atoms with van der Waals surface area (Å²) in [4.78, 5) is 24.4. The molecule has 1 aromatic carbocycles. The topological polar surface area (TPSA) is 97.2 Å². The van der Waals surface area contributed by atoms with Gasteiger partial charge in [-0.2, -0.15) is 5.10 Å². The summed E-state index contributed by atoms with van der Waals surface area (Å²) in [6.07, 6.45) is 3.78. The van der Waals surface area contributed by atoms with Gasteiger partial charge in [-0.3, -0.25) is 9.89 Å². The summed E-state index contributed by atoms with van der Waals surface area (Å²) >= 11 is 0. The van der Waals surface area contributed by atoms with Crippen molar-refractivity contribution in [2.75, 3.05) is 6.61 Å². The molecule has 1 aliphatic carbocycles. The Kier molecular flexibility index (Phi) is 4.90. The number of fused-ring (bicyclic) bond motifs is 3. The van der Waals surface area contributed by atoms with E-state index in [4.69, 9.17) is 9.15 Å². The molecule has 0 saturated heterocycles. The first-order valence-electron chi connectivity index (χ1n) is 9.51. The highest BCUT2D eigenvalue weighted by atomic mass is 16.5. The van der Waals surface area contributed by atoms with E-state index in [-0.39, 0.29) is 18.1 Å². The fraction of sp³-hybridized carbons (Fsp3) is 0.381. The summed E-state index contributed by atoms with van der Waals surface area (Å²) in [5.41, 5.74) is 4.64. The number of aromatic amines is 1. The van der Waals surface area contributed by atoms with Crippen molar-refractivity contribution in [2.24, 2.45) is 0 Å². The monoisotopic (exact) mass is 381 g/mol. The number of rotatable bonds is 5. The molecule has 0 bridgehead atoms. The van der Waals surface area contributed by atoms with Gasteiger partial charge >= 0.3 is 5.63 Å². The van der Waals surface area contributed by atoms with E-state index in [1.165, 1.54) is 0 Å². The van der Waals surface area contributed by atoms with Crippen molar-refractivity contribution in [1.82, 2.24) is 15.5 Å². The SMILES string of the molecule is Cc1cc(CNC(=O)COc2ccc3c4c(c(=O)oc3c2C)CCCC4)n[nH]1. The lowest BCUT2D eigenvalue weighted by atomic mass is 9.90. The van der Waals surface area contributed by atoms with Gasteiger partial charge in [-0.1, -0.05) is 0 Å². The van der Waals surface area contributed by atoms with E-state index in [0.717, 1.165) is 59.1 Å². The Balaban J connectivity index is 1.49. The van der Waals surface area contributed by atoms with Crippen LogP contribution in [0.15, 0.2) is 27.4 Å². The van der Waals surface area contributed by atoms with Crippen molar-refractivity contribution in [3.8, 4) is 5.75 Å². The van der Waals surface area contributed by atoms with Gasteiger partial charge in [0.15, 0.2) is 6.61 Å². The predicted molar refractivity (Wildman–Crippen MR) is 105 cm³/mol. The van der Waals surface area contributed by atoms with Gasteiger partial charge < -0.3 is 14.5 Å². The summed E-state index contributed by atoms with van der Waals surface area (Å²) < 4.78 is 11.3. The maximum atomic E-state index is 12.3. The molecule has 1 aliphatic rings. The molecule has 3 aromatic rings. The molecule has 2 N–H and O–H groups in total. The molecule has 0 fully saturated rings. The Morgan fingerprint density at radius 3 is 2.79 bits per heavy atom. The average molecular weight is 381 g/mol. The quantitative estimate of drug-likeness (QED) is 0.663. The zero-order valence-electron chi connectivity index (χ0n) is 16.1. The van der Waals surface area contributed by atoms with Crippen LogP contribution in [-0.4, -0.2) is 22.7 Å². The van der Waals surface area contributed by atoms with Gasteiger partial charge in [0.1, 0.15) is 11.3 Å². The Hall–Kier alpha value is -3.09. The van der Waals surface area contributed by atoms with E-state index in [2.05, 4.69) is 15.5 Å². The number of carbonyl (C=O) groups is 1. The van der Waals surface area contributed by atoms with Crippen LogP contribution in [0, 0.1) is 13.8 Å². The molecule has 0 radical (unpaired) electrons. The van der Waals surface area contributed by atoms with E-state index < -0.39 is 0 Å². The number of hydrogen-bond donors (Lipinski definition) is 2. The van der Waals surface area contributed by atoms with Crippen molar-refractivity contribution < 1.29 is 13.9 Å². The van der Waals surface area contributed by atoms with Crippen molar-refractivity contribution in [1.29, 1.82) is 0 Å². The molecule has 2 aromatic heterocycles. The number of H-pyrrole nitrogens is 1. The fourth-order valence-electron chi connectivity index (χ4n) is 3.73. The maximum absolute atomic E-state index is 12.3. The van der Waals surface area contributed by atoms with Gasteiger partial charge in [-0.15, -0.1) is 0 Å². The van der Waals surface area contributed by atoms with Crippen molar-refractivity contribution in [3.05, 3.63) is 56.7 Å². The summed E-state index contributed by atoms with van der Waals surface area (Å²) in [5.74, 6) is 0.296. The van der Waals surface area contributed by atoms with Gasteiger partial charge in [-0.05, 0) is 63.3 Å². The minimum absolute atomic E-state index is 0.120. The number of amides is 1. The largest absolute Gasteiger partial charge is 0.483 e. The summed E-state index contributed by atoms with van der Waals surface area (Å²) in [6.45, 7) is 3.97. The third-order valence-corrected chi connectivity index (χ3v) is 5.17. The van der Waals surface area contributed by atoms with Gasteiger partial charge in [-0.25, -0.2) is 4.79 Å². The lowest BCUT2D eigenvalue weighted by Gasteiger charge is -2.18. The van der Waals surface area contributed by atoms with Crippen molar-refractivity contribution >= 4 is 16.9 Å². The zero-order valence-corrected chi connectivity index (χ0v) is 16.1. The summed E-state index contributed by atoms with van der Waals surface area (Å²) in [7, 11) is 0. The zero-order chi connectivity index (χ0) is 19.7. The second kappa shape index (κ2) is 7.50. The first-order chi connectivity index (χ1) is 13.5. The molecular formula is C21H23N3O4. The molecule has 28 heavy (non-hydrogen) atoms. The highest BCUT2D eigenvalue weighted by molar-refractivity contribution is 5.86. The highest BCUT2D eigenvalue weighted by Crippen LogP contribution is 2.32. The van der Waals surface area contributed by atoms with E-state index in [9.17, 15) is 9.59 Å². The lowest BCUT2D eigenvalue weighted by Crippen LogP contribution is -2.28. The molecule has 0 spiro atoms. The van der Waals surface area contributed by atoms with E-state index in [1.54, 1.807) is 0 Å². The van der Waals surface area contributed by atoms with Crippen LogP contribution >= 0.6 is 0 Å². The molecule has 0 atom stereocenters. The lowest BCUT2D eigenvalue weighted by molar-refractivity contribution is -0.123. The number of nitrogens with one attached hydrogen (secondary N) is 2. The molecule has 7 heteroatoms. The molecule has 146 valence electrons. The molecule has 7 nitrogen and oxygen atoms in total. The van der Waals surface area contributed by atoms with Crippen molar-refractivity contribution in [3.63, 3.8) is 0 Å². The molecule has 2 heterocycles. The first kappa shape index (κ1) is 18.3. The third-order valence-electron chi connectivity index (χ3n) is 5.17. The number of carbonyl (C=O) groups excluding carboxylic acids is 1. The van der Waals surface area contributed by atoms with Crippen LogP contribution in [0.2, 0.25) is 0 Å². The molecule has 1 amide bonds. The predicted octanol–water partition coefficient (Wildman–Crippen LogP) is 2.71. The molecule has 0 unspecified atom stereocenters. The first-order valence-corrected chi connectivity index (χ1v) is 9.51. The van der Waals surface area contributed by atoms with Crippen LogP contribution < -0.4 is 15.7 Å². The second-order valence-corrected chi connectivity index (χ2v) is 7.23. The number of aromatic nitrogens is 2. The van der Waals surface area contributed by atoms with Gasteiger partial charge in [0.25, 0.3) is 5.91 Å². The van der Waals surface area contributed by atoms with Crippen LogP contribution in [-0.2, 0) is 24.2 Å². The van der Waals surface area contributed by atoms with Gasteiger partial charge in [0.2, 0.25) is 0 Å². The molecule has 0 saturated carbocycles. The Bertz CT molecular complexity index is 1100. The Morgan fingerprint density at radius 2 is 2.04 bits per heavy atom. The summed E-state index contributed by atoms with van der Waals surface area (Å²) in [6, 6.07) is 5.64. The number of ether oxygens (including phenoxy) is 1. The van der Waals surface area contributed by atoms with Crippen LogP contribution in [0.3, 0.4) is 0 Å². The number of hydrogen-bond acceptors (Lipinski definition) is 5. The number of aryl methyl sites for hydroxylation is 3. The number of benzene rings is 1.